The van der Waals surface area contributed by atoms with Crippen molar-refractivity contribution >= 4 is 63.7 Å². The van der Waals surface area contributed by atoms with Gasteiger partial charge >= 0.3 is 0 Å². The highest BCUT2D eigenvalue weighted by Gasteiger charge is 2.44. The molecule has 0 saturated carbocycles. The van der Waals surface area contributed by atoms with E-state index in [9.17, 15) is 14.0 Å². The van der Waals surface area contributed by atoms with Crippen molar-refractivity contribution in [3.8, 4) is 5.75 Å². The molecule has 2 amide bonds. The summed E-state index contributed by atoms with van der Waals surface area (Å²) in [6.45, 7) is 2.97. The number of nitrogens with one attached hydrogen (secondary N) is 1. The zero-order valence-corrected chi connectivity index (χ0v) is 23.0. The van der Waals surface area contributed by atoms with Crippen LogP contribution in [-0.2, 0) is 16.0 Å². The van der Waals surface area contributed by atoms with E-state index in [1.165, 1.54) is 29.2 Å². The molecular weight excluding hydrogens is 548 g/mol. The lowest BCUT2D eigenvalue weighted by molar-refractivity contribution is -0.124. The summed E-state index contributed by atoms with van der Waals surface area (Å²) >= 11 is 18.0. The SMILES string of the molecule is CCCOc1ccc(NC(=O)C[C@@H]2C(=O)N(c3ccc(F)cc3)C(=S)N2CCc2ccc(Cl)cc2Cl)cc1. The van der Waals surface area contributed by atoms with Gasteiger partial charge in [-0.25, -0.2) is 4.39 Å². The Balaban J connectivity index is 1.52. The van der Waals surface area contributed by atoms with Crippen molar-refractivity contribution in [1.82, 2.24) is 4.90 Å². The molecule has 1 atom stereocenters. The van der Waals surface area contributed by atoms with Gasteiger partial charge in [0.25, 0.3) is 5.91 Å². The summed E-state index contributed by atoms with van der Waals surface area (Å²) in [6.07, 6.45) is 1.24. The Labute approximate surface area is 236 Å². The van der Waals surface area contributed by atoms with Gasteiger partial charge in [0.2, 0.25) is 5.91 Å². The van der Waals surface area contributed by atoms with Gasteiger partial charge < -0.3 is 15.0 Å². The average molecular weight is 575 g/mol. The highest BCUT2D eigenvalue weighted by molar-refractivity contribution is 7.80. The average Bonchev–Trinajstić information content (AvgIpc) is 3.12. The number of thiocarbonyl (C=S) groups is 1. The van der Waals surface area contributed by atoms with E-state index in [0.29, 0.717) is 46.7 Å². The Bertz CT molecular complexity index is 1320. The van der Waals surface area contributed by atoms with Crippen LogP contribution in [0.15, 0.2) is 66.7 Å². The summed E-state index contributed by atoms with van der Waals surface area (Å²) in [7, 11) is 0. The summed E-state index contributed by atoms with van der Waals surface area (Å²) in [5, 5.41) is 4.10. The minimum absolute atomic E-state index is 0.126. The van der Waals surface area contributed by atoms with Crippen molar-refractivity contribution in [2.75, 3.05) is 23.4 Å². The largest absolute Gasteiger partial charge is 0.494 e. The third-order valence-electron chi connectivity index (χ3n) is 6.03. The first-order valence-electron chi connectivity index (χ1n) is 12.1. The molecule has 3 aromatic carbocycles. The fourth-order valence-electron chi connectivity index (χ4n) is 4.12. The van der Waals surface area contributed by atoms with Gasteiger partial charge in [0.1, 0.15) is 17.6 Å². The second-order valence-electron chi connectivity index (χ2n) is 8.75. The minimum atomic E-state index is -0.842. The Morgan fingerprint density at radius 3 is 2.45 bits per heavy atom. The number of anilines is 2. The molecular formula is C28H26Cl2FN3O3S. The van der Waals surface area contributed by atoms with Gasteiger partial charge in [0.05, 0.1) is 18.7 Å². The van der Waals surface area contributed by atoms with Crippen molar-refractivity contribution in [2.24, 2.45) is 0 Å². The molecule has 0 aliphatic carbocycles. The van der Waals surface area contributed by atoms with Gasteiger partial charge in [-0.3, -0.25) is 14.5 Å². The van der Waals surface area contributed by atoms with Gasteiger partial charge in [0.15, 0.2) is 5.11 Å². The summed E-state index contributed by atoms with van der Waals surface area (Å²) in [5.74, 6) is -0.420. The zero-order chi connectivity index (χ0) is 27.2. The Morgan fingerprint density at radius 1 is 1.08 bits per heavy atom. The van der Waals surface area contributed by atoms with Crippen LogP contribution < -0.4 is 15.0 Å². The maximum atomic E-state index is 13.5. The van der Waals surface area contributed by atoms with E-state index in [2.05, 4.69) is 5.32 Å². The van der Waals surface area contributed by atoms with Crippen molar-refractivity contribution in [3.63, 3.8) is 0 Å². The van der Waals surface area contributed by atoms with E-state index in [1.54, 1.807) is 41.3 Å². The highest BCUT2D eigenvalue weighted by Crippen LogP contribution is 2.29. The van der Waals surface area contributed by atoms with Crippen molar-refractivity contribution in [2.45, 2.75) is 32.2 Å². The zero-order valence-electron chi connectivity index (χ0n) is 20.6. The molecule has 1 aliphatic rings. The predicted molar refractivity (Wildman–Crippen MR) is 153 cm³/mol. The van der Waals surface area contributed by atoms with Crippen LogP contribution in [-0.4, -0.2) is 41.0 Å². The first kappa shape index (κ1) is 27.8. The number of carbonyl (C=O) groups is 2. The first-order chi connectivity index (χ1) is 18.3. The van der Waals surface area contributed by atoms with Crippen LogP contribution in [0, 0.1) is 5.82 Å². The molecule has 38 heavy (non-hydrogen) atoms. The summed E-state index contributed by atoms with van der Waals surface area (Å²) in [4.78, 5) is 29.6. The molecule has 0 spiro atoms. The molecule has 4 rings (SSSR count). The maximum Gasteiger partial charge on any atom is 0.256 e. The lowest BCUT2D eigenvalue weighted by atomic mass is 10.1. The fourth-order valence-corrected chi connectivity index (χ4v) is 5.04. The van der Waals surface area contributed by atoms with Gasteiger partial charge in [-0.1, -0.05) is 36.2 Å². The smallest absolute Gasteiger partial charge is 0.256 e. The van der Waals surface area contributed by atoms with Crippen LogP contribution in [0.25, 0.3) is 0 Å². The molecule has 0 bridgehead atoms. The topological polar surface area (TPSA) is 61.9 Å². The molecule has 10 heteroatoms. The molecule has 1 aliphatic heterocycles. The number of nitrogens with zero attached hydrogens (tertiary/aromatic N) is 2. The maximum absolute atomic E-state index is 13.5. The van der Waals surface area contributed by atoms with E-state index in [4.69, 9.17) is 40.2 Å². The second-order valence-corrected chi connectivity index (χ2v) is 9.96. The summed E-state index contributed by atoms with van der Waals surface area (Å²) < 4.78 is 19.1. The number of rotatable bonds is 10. The molecule has 0 unspecified atom stereocenters. The number of hydrogen-bond donors (Lipinski definition) is 1. The molecule has 1 heterocycles. The van der Waals surface area contributed by atoms with Crippen LogP contribution >= 0.6 is 35.4 Å². The van der Waals surface area contributed by atoms with Gasteiger partial charge in [-0.05, 0) is 91.3 Å². The molecule has 198 valence electrons. The number of amides is 2. The first-order valence-corrected chi connectivity index (χ1v) is 13.3. The fraction of sp³-hybridized carbons (Fsp3) is 0.250. The van der Waals surface area contributed by atoms with Crippen LogP contribution in [0.4, 0.5) is 15.8 Å². The molecule has 0 radical (unpaired) electrons. The number of ether oxygens (including phenoxy) is 1. The van der Waals surface area contributed by atoms with Crippen LogP contribution in [0.3, 0.4) is 0 Å². The number of hydrogen-bond acceptors (Lipinski definition) is 4. The van der Waals surface area contributed by atoms with E-state index in [1.807, 2.05) is 13.0 Å². The lowest BCUT2D eigenvalue weighted by Crippen LogP contribution is -2.39. The monoisotopic (exact) mass is 573 g/mol. The molecule has 1 saturated heterocycles. The Kier molecular flexibility index (Phi) is 9.20. The van der Waals surface area contributed by atoms with Crippen LogP contribution in [0.2, 0.25) is 10.0 Å². The van der Waals surface area contributed by atoms with Crippen molar-refractivity contribution in [1.29, 1.82) is 0 Å². The summed E-state index contributed by atoms with van der Waals surface area (Å²) in [5.41, 5.74) is 1.85. The van der Waals surface area contributed by atoms with Crippen LogP contribution in [0.1, 0.15) is 25.3 Å². The normalized spacial score (nSPS) is 15.2. The van der Waals surface area contributed by atoms with Gasteiger partial charge in [-0.2, -0.15) is 0 Å². The minimum Gasteiger partial charge on any atom is -0.494 e. The number of halogens is 3. The molecule has 1 N–H and O–H groups in total. The van der Waals surface area contributed by atoms with Crippen LogP contribution in [0.5, 0.6) is 5.75 Å². The second kappa shape index (κ2) is 12.6. The van der Waals surface area contributed by atoms with Crippen molar-refractivity contribution in [3.05, 3.63) is 88.2 Å². The lowest BCUT2D eigenvalue weighted by Gasteiger charge is -2.24. The van der Waals surface area contributed by atoms with Gasteiger partial charge in [0, 0.05) is 22.3 Å². The third kappa shape index (κ3) is 6.62. The summed E-state index contributed by atoms with van der Waals surface area (Å²) in [6, 6.07) is 16.9. The third-order valence-corrected chi connectivity index (χ3v) is 7.03. The molecule has 3 aromatic rings. The van der Waals surface area contributed by atoms with E-state index in [-0.39, 0.29) is 23.3 Å². The quantitative estimate of drug-likeness (QED) is 0.281. The van der Waals surface area contributed by atoms with E-state index < -0.39 is 11.9 Å². The van der Waals surface area contributed by atoms with E-state index >= 15 is 0 Å². The van der Waals surface area contributed by atoms with Gasteiger partial charge in [-0.15, -0.1) is 0 Å². The molecule has 6 nitrogen and oxygen atoms in total. The molecule has 0 aromatic heterocycles. The standard InChI is InChI=1S/C28H26Cl2FN3O3S/c1-2-15-37-23-11-7-21(8-12-23)32-26(35)17-25-27(36)34(22-9-5-20(31)6-10-22)28(38)33(25)14-13-18-3-4-19(29)16-24(18)30/h3-12,16,25H,2,13-15,17H2,1H3,(H,32,35)/t25-/m1/s1. The number of carbonyl (C=O) groups excluding carboxylic acids is 2. The highest BCUT2D eigenvalue weighted by atomic mass is 35.5. The predicted octanol–water partition coefficient (Wildman–Crippen LogP) is 6.49. The number of benzene rings is 3. The van der Waals surface area contributed by atoms with Crippen molar-refractivity contribution < 1.29 is 18.7 Å². The Morgan fingerprint density at radius 2 is 1.79 bits per heavy atom. The molecule has 1 fully saturated rings. The van der Waals surface area contributed by atoms with E-state index in [0.717, 1.165) is 12.0 Å². The Hall–Kier alpha value is -3.20.